The molecule has 0 saturated carbocycles. The van der Waals surface area contributed by atoms with E-state index in [9.17, 15) is 24.0 Å². The van der Waals surface area contributed by atoms with Crippen molar-refractivity contribution in [1.29, 1.82) is 0 Å². The number of benzene rings is 3. The average Bonchev–Trinajstić information content (AvgIpc) is 3.44. The van der Waals surface area contributed by atoms with Gasteiger partial charge in [-0.15, -0.1) is 0 Å². The summed E-state index contributed by atoms with van der Waals surface area (Å²) in [4.78, 5) is 67.9. The molecule has 6 rings (SSSR count). The van der Waals surface area contributed by atoms with Crippen molar-refractivity contribution in [2.75, 3.05) is 16.8 Å². The molecule has 2 aliphatic rings. The number of rotatable bonds is 7. The number of hydrogen-bond acceptors (Lipinski definition) is 8. The van der Waals surface area contributed by atoms with E-state index in [1.165, 1.54) is 16.7 Å². The molecule has 2 aliphatic heterocycles. The second-order valence-electron chi connectivity index (χ2n) is 10.3. The van der Waals surface area contributed by atoms with E-state index in [2.05, 4.69) is 5.32 Å². The summed E-state index contributed by atoms with van der Waals surface area (Å²) in [6.07, 6.45) is 0. The summed E-state index contributed by atoms with van der Waals surface area (Å²) in [5.74, 6) is -2.97. The number of anilines is 2. The van der Waals surface area contributed by atoms with Crippen LogP contribution in [0.15, 0.2) is 88.7 Å². The van der Waals surface area contributed by atoms with Crippen LogP contribution in [-0.4, -0.2) is 40.1 Å². The number of thiazole rings is 1. The number of carbonyl (C=O) groups is 4. The molecule has 1 fully saturated rings. The summed E-state index contributed by atoms with van der Waals surface area (Å²) in [7, 11) is 0. The SMILES string of the molecule is CCOC(=O)c1ccc(N2C(=O)[C@H]3[C@H](c4ccccc4)c4sc(=O)n(CC(=O)Nc5cccc(C)c5)c4S[C@H]3C2=O)cc1. The molecule has 1 N–H and O–H groups in total. The fraction of sp³-hybridized carbons (Fsp3) is 0.219. The van der Waals surface area contributed by atoms with Crippen molar-refractivity contribution in [1.82, 2.24) is 4.57 Å². The zero-order valence-electron chi connectivity index (χ0n) is 23.3. The molecule has 3 amide bonds. The maximum atomic E-state index is 14.0. The Kier molecular flexibility index (Phi) is 7.76. The van der Waals surface area contributed by atoms with Gasteiger partial charge in [0.05, 0.1) is 28.8 Å². The van der Waals surface area contributed by atoms with Gasteiger partial charge in [0.1, 0.15) is 11.8 Å². The van der Waals surface area contributed by atoms with Gasteiger partial charge in [0.2, 0.25) is 17.7 Å². The normalized spacial score (nSPS) is 19.1. The second kappa shape index (κ2) is 11.7. The smallest absolute Gasteiger partial charge is 0.338 e. The summed E-state index contributed by atoms with van der Waals surface area (Å²) < 4.78 is 6.44. The third kappa shape index (κ3) is 5.30. The lowest BCUT2D eigenvalue weighted by atomic mass is 9.83. The predicted molar refractivity (Wildman–Crippen MR) is 165 cm³/mol. The Morgan fingerprint density at radius 3 is 2.37 bits per heavy atom. The van der Waals surface area contributed by atoms with Crippen LogP contribution in [0.2, 0.25) is 0 Å². The molecule has 9 nitrogen and oxygen atoms in total. The number of nitrogens with zero attached hydrogens (tertiary/aromatic N) is 2. The molecule has 0 unspecified atom stereocenters. The molecule has 0 radical (unpaired) electrons. The Morgan fingerprint density at radius 2 is 1.67 bits per heavy atom. The summed E-state index contributed by atoms with van der Waals surface area (Å²) in [6.45, 7) is 3.63. The molecule has 4 aromatic rings. The number of amides is 3. The first-order valence-corrected chi connectivity index (χ1v) is 15.4. The van der Waals surface area contributed by atoms with Gasteiger partial charge < -0.3 is 10.1 Å². The summed E-state index contributed by atoms with van der Waals surface area (Å²) in [6, 6.07) is 22.9. The first-order chi connectivity index (χ1) is 20.8. The number of carbonyl (C=O) groups excluding carboxylic acids is 4. The van der Waals surface area contributed by atoms with Crippen LogP contribution in [0.25, 0.3) is 0 Å². The Hall–Kier alpha value is -4.48. The number of hydrogen-bond donors (Lipinski definition) is 1. The molecule has 11 heteroatoms. The summed E-state index contributed by atoms with van der Waals surface area (Å²) in [5.41, 5.74) is 3.08. The first kappa shape index (κ1) is 28.6. The standard InChI is InChI=1S/C32H27N3O6S2/c1-3-41-31(39)20-12-14-22(15-13-20)35-28(37)25-24(19-9-5-4-6-10-19)27-30(42-26(25)29(35)38)34(32(40)43-27)17-23(36)33-21-11-7-8-18(2)16-21/h4-16,24-26H,3,17H2,1-2H3,(H,33,36)/t24-,25-,26+/m0/s1. The number of nitrogens with one attached hydrogen (secondary N) is 1. The third-order valence-electron chi connectivity index (χ3n) is 7.45. The van der Waals surface area contributed by atoms with Crippen molar-refractivity contribution >= 4 is 58.2 Å². The van der Waals surface area contributed by atoms with E-state index in [1.807, 2.05) is 55.5 Å². The summed E-state index contributed by atoms with van der Waals surface area (Å²) in [5, 5.41) is 2.55. The molecule has 0 bridgehead atoms. The highest BCUT2D eigenvalue weighted by atomic mass is 32.2. The lowest BCUT2D eigenvalue weighted by molar-refractivity contribution is -0.122. The van der Waals surface area contributed by atoms with Crippen LogP contribution < -0.4 is 15.1 Å². The predicted octanol–water partition coefficient (Wildman–Crippen LogP) is 4.83. The number of imide groups is 1. The maximum absolute atomic E-state index is 14.0. The molecule has 218 valence electrons. The number of ether oxygens (including phenoxy) is 1. The molecule has 3 atom stereocenters. The first-order valence-electron chi connectivity index (χ1n) is 13.7. The molecule has 3 aromatic carbocycles. The molecule has 0 spiro atoms. The van der Waals surface area contributed by atoms with Crippen LogP contribution in [0.5, 0.6) is 0 Å². The van der Waals surface area contributed by atoms with Crippen molar-refractivity contribution in [3.05, 3.63) is 110 Å². The van der Waals surface area contributed by atoms with Gasteiger partial charge in [-0.3, -0.25) is 23.7 Å². The molecule has 43 heavy (non-hydrogen) atoms. The van der Waals surface area contributed by atoms with Crippen molar-refractivity contribution in [2.24, 2.45) is 5.92 Å². The van der Waals surface area contributed by atoms with Crippen molar-refractivity contribution in [2.45, 2.75) is 36.6 Å². The molecule has 0 aliphatic carbocycles. The molecular weight excluding hydrogens is 587 g/mol. The maximum Gasteiger partial charge on any atom is 0.338 e. The lowest BCUT2D eigenvalue weighted by Crippen LogP contribution is -2.33. The Morgan fingerprint density at radius 1 is 0.930 bits per heavy atom. The highest BCUT2D eigenvalue weighted by molar-refractivity contribution is 8.00. The monoisotopic (exact) mass is 613 g/mol. The molecule has 3 heterocycles. The van der Waals surface area contributed by atoms with Gasteiger partial charge in [-0.1, -0.05) is 65.6 Å². The van der Waals surface area contributed by atoms with Gasteiger partial charge in [-0.25, -0.2) is 9.69 Å². The zero-order chi connectivity index (χ0) is 30.2. The summed E-state index contributed by atoms with van der Waals surface area (Å²) >= 11 is 2.16. The van der Waals surface area contributed by atoms with Crippen molar-refractivity contribution in [3.63, 3.8) is 0 Å². The molecular formula is C32H27N3O6S2. The van der Waals surface area contributed by atoms with E-state index < -0.39 is 29.0 Å². The van der Waals surface area contributed by atoms with Gasteiger partial charge in [-0.05, 0) is 61.4 Å². The Balaban J connectivity index is 1.36. The number of esters is 1. The van der Waals surface area contributed by atoms with Gasteiger partial charge in [0.25, 0.3) is 0 Å². The van der Waals surface area contributed by atoms with E-state index in [4.69, 9.17) is 4.74 Å². The van der Waals surface area contributed by atoms with E-state index in [0.29, 0.717) is 26.8 Å². The van der Waals surface area contributed by atoms with Crippen LogP contribution in [0.3, 0.4) is 0 Å². The van der Waals surface area contributed by atoms with E-state index in [0.717, 1.165) is 39.1 Å². The minimum Gasteiger partial charge on any atom is -0.462 e. The van der Waals surface area contributed by atoms with E-state index >= 15 is 0 Å². The van der Waals surface area contributed by atoms with Crippen LogP contribution in [0.1, 0.15) is 39.2 Å². The topological polar surface area (TPSA) is 115 Å². The van der Waals surface area contributed by atoms with Gasteiger partial charge in [0, 0.05) is 16.5 Å². The Bertz CT molecular complexity index is 1800. The van der Waals surface area contributed by atoms with E-state index in [-0.39, 0.29) is 29.8 Å². The van der Waals surface area contributed by atoms with Gasteiger partial charge in [0.15, 0.2) is 0 Å². The number of aryl methyl sites for hydroxylation is 1. The highest BCUT2D eigenvalue weighted by Gasteiger charge is 2.56. The number of aromatic nitrogens is 1. The van der Waals surface area contributed by atoms with Crippen molar-refractivity contribution in [3.8, 4) is 0 Å². The largest absolute Gasteiger partial charge is 0.462 e. The minimum atomic E-state index is -0.810. The number of fused-ring (bicyclic) bond motifs is 2. The van der Waals surface area contributed by atoms with Crippen LogP contribution in [0.4, 0.5) is 11.4 Å². The van der Waals surface area contributed by atoms with Gasteiger partial charge >= 0.3 is 10.8 Å². The highest BCUT2D eigenvalue weighted by Crippen LogP contribution is 2.53. The van der Waals surface area contributed by atoms with Crippen LogP contribution in [-0.2, 0) is 25.7 Å². The lowest BCUT2D eigenvalue weighted by Gasteiger charge is -2.30. The third-order valence-corrected chi connectivity index (χ3v) is 10.1. The van der Waals surface area contributed by atoms with Gasteiger partial charge in [-0.2, -0.15) is 0 Å². The van der Waals surface area contributed by atoms with E-state index in [1.54, 1.807) is 25.1 Å². The quantitative estimate of drug-likeness (QED) is 0.235. The number of thioether (sulfide) groups is 1. The van der Waals surface area contributed by atoms with Crippen LogP contribution >= 0.6 is 23.1 Å². The van der Waals surface area contributed by atoms with Crippen molar-refractivity contribution < 1.29 is 23.9 Å². The second-order valence-corrected chi connectivity index (χ2v) is 12.4. The average molecular weight is 614 g/mol. The zero-order valence-corrected chi connectivity index (χ0v) is 24.9. The molecule has 1 saturated heterocycles. The fourth-order valence-electron chi connectivity index (χ4n) is 5.56. The van der Waals surface area contributed by atoms with Crippen LogP contribution in [0, 0.1) is 12.8 Å². The molecule has 1 aromatic heterocycles. The fourth-order valence-corrected chi connectivity index (χ4v) is 8.33. The Labute approximate surface area is 255 Å². The minimum absolute atomic E-state index is 0.230.